The first-order chi connectivity index (χ1) is 15.7. The molecular weight excluding hydrogens is 404 g/mol. The van der Waals surface area contributed by atoms with E-state index in [2.05, 4.69) is 0 Å². The second-order valence-electron chi connectivity index (χ2n) is 7.68. The highest BCUT2D eigenvalue weighted by Gasteiger charge is 2.59. The number of amides is 2. The zero-order valence-corrected chi connectivity index (χ0v) is 17.5. The van der Waals surface area contributed by atoms with Crippen molar-refractivity contribution in [3.63, 3.8) is 0 Å². The number of carbonyl (C=O) groups is 2. The molecule has 0 spiro atoms. The SMILES string of the molecule is COc1ccc(/C=C/C2C3C(=O)N(c4ccccc4)C(=O)C3ON2c2ccccc2)cc1. The van der Waals surface area contributed by atoms with Crippen molar-refractivity contribution < 1.29 is 19.2 Å². The topological polar surface area (TPSA) is 59.1 Å². The Labute approximate surface area is 186 Å². The zero-order valence-electron chi connectivity index (χ0n) is 17.5. The lowest BCUT2D eigenvalue weighted by molar-refractivity contribution is -0.126. The van der Waals surface area contributed by atoms with Crippen molar-refractivity contribution in [3.05, 3.63) is 96.6 Å². The summed E-state index contributed by atoms with van der Waals surface area (Å²) in [5.74, 6) is -0.466. The van der Waals surface area contributed by atoms with Gasteiger partial charge in [-0.25, -0.2) is 9.96 Å². The van der Waals surface area contributed by atoms with Crippen LogP contribution in [-0.2, 0) is 14.4 Å². The summed E-state index contributed by atoms with van der Waals surface area (Å²) in [6.07, 6.45) is 3.00. The summed E-state index contributed by atoms with van der Waals surface area (Å²) in [7, 11) is 1.62. The van der Waals surface area contributed by atoms with Gasteiger partial charge in [-0.2, -0.15) is 0 Å². The molecule has 2 heterocycles. The van der Waals surface area contributed by atoms with Crippen molar-refractivity contribution in [1.82, 2.24) is 0 Å². The molecule has 3 aromatic rings. The molecule has 3 unspecified atom stereocenters. The van der Waals surface area contributed by atoms with Crippen LogP contribution >= 0.6 is 0 Å². The number of hydroxylamine groups is 1. The maximum absolute atomic E-state index is 13.4. The molecule has 0 aromatic heterocycles. The Balaban J connectivity index is 1.50. The van der Waals surface area contributed by atoms with Crippen LogP contribution in [0.3, 0.4) is 0 Å². The van der Waals surface area contributed by atoms with Gasteiger partial charge >= 0.3 is 0 Å². The van der Waals surface area contributed by atoms with Crippen LogP contribution in [0.1, 0.15) is 5.56 Å². The Morgan fingerprint density at radius 1 is 0.812 bits per heavy atom. The number of ether oxygens (including phenoxy) is 1. The van der Waals surface area contributed by atoms with Gasteiger partial charge in [-0.05, 0) is 42.0 Å². The Hall–Kier alpha value is -3.90. The van der Waals surface area contributed by atoms with Crippen molar-refractivity contribution in [2.75, 3.05) is 17.1 Å². The maximum Gasteiger partial charge on any atom is 0.266 e. The van der Waals surface area contributed by atoms with Gasteiger partial charge in [0.15, 0.2) is 6.10 Å². The van der Waals surface area contributed by atoms with Crippen molar-refractivity contribution in [2.45, 2.75) is 12.1 Å². The highest BCUT2D eigenvalue weighted by Crippen LogP contribution is 2.41. The first-order valence-corrected chi connectivity index (χ1v) is 10.4. The number of nitrogens with zero attached hydrogens (tertiary/aromatic N) is 2. The normalized spacial score (nSPS) is 22.6. The minimum absolute atomic E-state index is 0.256. The van der Waals surface area contributed by atoms with Gasteiger partial charge in [0.2, 0.25) is 5.91 Å². The number of imide groups is 1. The summed E-state index contributed by atoms with van der Waals surface area (Å²) in [5.41, 5.74) is 2.31. The molecule has 5 rings (SSSR count). The summed E-state index contributed by atoms with van der Waals surface area (Å²) in [6, 6.07) is 25.7. The Bertz CT molecular complexity index is 1150. The lowest BCUT2D eigenvalue weighted by Gasteiger charge is -2.26. The molecule has 6 heteroatoms. The van der Waals surface area contributed by atoms with Crippen molar-refractivity contribution in [2.24, 2.45) is 5.92 Å². The van der Waals surface area contributed by atoms with E-state index < -0.39 is 18.1 Å². The van der Waals surface area contributed by atoms with Crippen LogP contribution < -0.4 is 14.7 Å². The van der Waals surface area contributed by atoms with E-state index in [1.54, 1.807) is 24.3 Å². The molecule has 2 aliphatic heterocycles. The third kappa shape index (κ3) is 3.44. The van der Waals surface area contributed by atoms with E-state index in [4.69, 9.17) is 9.57 Å². The molecule has 2 amide bonds. The summed E-state index contributed by atoms with van der Waals surface area (Å²) in [5, 5.41) is 1.67. The third-order valence-corrected chi connectivity index (χ3v) is 5.79. The number of carbonyl (C=O) groups excluding carboxylic acids is 2. The van der Waals surface area contributed by atoms with E-state index in [-0.39, 0.29) is 11.8 Å². The number of benzene rings is 3. The molecule has 0 bridgehead atoms. The van der Waals surface area contributed by atoms with Crippen LogP contribution in [0.2, 0.25) is 0 Å². The fourth-order valence-electron chi connectivity index (χ4n) is 4.20. The maximum atomic E-state index is 13.4. The number of hydrogen-bond acceptors (Lipinski definition) is 5. The van der Waals surface area contributed by atoms with E-state index in [1.807, 2.05) is 84.9 Å². The molecule has 3 aromatic carbocycles. The summed E-state index contributed by atoms with van der Waals surface area (Å²) >= 11 is 0. The molecule has 0 N–H and O–H groups in total. The van der Waals surface area contributed by atoms with Crippen molar-refractivity contribution in [3.8, 4) is 5.75 Å². The fraction of sp³-hybridized carbons (Fsp3) is 0.154. The molecule has 0 saturated carbocycles. The average Bonchev–Trinajstić information content (AvgIpc) is 3.34. The largest absolute Gasteiger partial charge is 0.497 e. The van der Waals surface area contributed by atoms with E-state index in [0.717, 1.165) is 17.0 Å². The molecule has 3 atom stereocenters. The number of para-hydroxylation sites is 2. The number of rotatable bonds is 5. The molecule has 32 heavy (non-hydrogen) atoms. The average molecular weight is 426 g/mol. The van der Waals surface area contributed by atoms with Gasteiger partial charge in [-0.3, -0.25) is 14.4 Å². The quantitative estimate of drug-likeness (QED) is 0.576. The second kappa shape index (κ2) is 8.32. The molecule has 6 nitrogen and oxygen atoms in total. The molecule has 0 aliphatic carbocycles. The lowest BCUT2D eigenvalue weighted by Crippen LogP contribution is -2.39. The van der Waals surface area contributed by atoms with Gasteiger partial charge in [0, 0.05) is 0 Å². The molecule has 2 fully saturated rings. The second-order valence-corrected chi connectivity index (χ2v) is 7.68. The molecule has 2 saturated heterocycles. The van der Waals surface area contributed by atoms with Crippen LogP contribution in [0.25, 0.3) is 6.08 Å². The number of anilines is 2. The smallest absolute Gasteiger partial charge is 0.266 e. The molecule has 2 aliphatic rings. The monoisotopic (exact) mass is 426 g/mol. The zero-order chi connectivity index (χ0) is 22.1. The van der Waals surface area contributed by atoms with Gasteiger partial charge < -0.3 is 4.74 Å². The number of methoxy groups -OCH3 is 1. The van der Waals surface area contributed by atoms with Crippen molar-refractivity contribution in [1.29, 1.82) is 0 Å². The Morgan fingerprint density at radius 3 is 2.06 bits per heavy atom. The van der Waals surface area contributed by atoms with Crippen LogP contribution in [0.15, 0.2) is 91.0 Å². The predicted molar refractivity (Wildman–Crippen MR) is 122 cm³/mol. The lowest BCUT2D eigenvalue weighted by atomic mass is 9.95. The highest BCUT2D eigenvalue weighted by molar-refractivity contribution is 6.24. The van der Waals surface area contributed by atoms with E-state index in [1.165, 1.54) is 4.90 Å². The van der Waals surface area contributed by atoms with Gasteiger partial charge in [-0.15, -0.1) is 0 Å². The standard InChI is InChI=1S/C26H22N2O4/c1-31-21-15-12-18(13-16-21)14-17-22-23-24(32-28(22)20-10-6-3-7-11-20)26(30)27(25(23)29)19-8-4-2-5-9-19/h2-17,22-24H,1H3/b17-14+. The molecular formula is C26H22N2O4. The predicted octanol–water partition coefficient (Wildman–Crippen LogP) is 4.09. The minimum atomic E-state index is -0.867. The summed E-state index contributed by atoms with van der Waals surface area (Å²) < 4.78 is 5.22. The van der Waals surface area contributed by atoms with Gasteiger partial charge in [0.05, 0.1) is 24.5 Å². The number of hydrogen-bond donors (Lipinski definition) is 0. The van der Waals surface area contributed by atoms with Crippen LogP contribution in [0.5, 0.6) is 5.75 Å². The van der Waals surface area contributed by atoms with Gasteiger partial charge in [-0.1, -0.05) is 60.7 Å². The van der Waals surface area contributed by atoms with Gasteiger partial charge in [0.25, 0.3) is 5.91 Å². The van der Waals surface area contributed by atoms with E-state index >= 15 is 0 Å². The molecule has 0 radical (unpaired) electrons. The highest BCUT2D eigenvalue weighted by atomic mass is 16.7. The van der Waals surface area contributed by atoms with E-state index in [0.29, 0.717) is 5.69 Å². The summed E-state index contributed by atoms with van der Waals surface area (Å²) in [4.78, 5) is 33.9. The van der Waals surface area contributed by atoms with E-state index in [9.17, 15) is 9.59 Å². The first-order valence-electron chi connectivity index (χ1n) is 10.4. The minimum Gasteiger partial charge on any atom is -0.497 e. The third-order valence-electron chi connectivity index (χ3n) is 5.79. The van der Waals surface area contributed by atoms with Crippen LogP contribution in [-0.4, -0.2) is 31.1 Å². The molecule has 160 valence electrons. The number of fused-ring (bicyclic) bond motifs is 1. The fourth-order valence-corrected chi connectivity index (χ4v) is 4.20. The van der Waals surface area contributed by atoms with Gasteiger partial charge in [0.1, 0.15) is 11.7 Å². The van der Waals surface area contributed by atoms with Crippen LogP contribution in [0, 0.1) is 5.92 Å². The summed E-state index contributed by atoms with van der Waals surface area (Å²) in [6.45, 7) is 0. The van der Waals surface area contributed by atoms with Crippen molar-refractivity contribution >= 4 is 29.3 Å². The Morgan fingerprint density at radius 2 is 1.44 bits per heavy atom. The first kappa shape index (κ1) is 20.0. The Kier molecular flexibility index (Phi) is 5.21. The van der Waals surface area contributed by atoms with Crippen LogP contribution in [0.4, 0.5) is 11.4 Å².